The lowest BCUT2D eigenvalue weighted by Crippen LogP contribution is -2.46. The van der Waals surface area contributed by atoms with Crippen molar-refractivity contribution < 1.29 is 9.59 Å². The van der Waals surface area contributed by atoms with Gasteiger partial charge < -0.3 is 15.5 Å². The normalized spacial score (nSPS) is 19.9. The molecule has 1 amide bonds. The third-order valence-electron chi connectivity index (χ3n) is 6.10. The Morgan fingerprint density at radius 1 is 1.23 bits per heavy atom. The van der Waals surface area contributed by atoms with Gasteiger partial charge in [0.05, 0.1) is 24.0 Å². The van der Waals surface area contributed by atoms with Gasteiger partial charge in [-0.2, -0.15) is 0 Å². The summed E-state index contributed by atoms with van der Waals surface area (Å²) in [6, 6.07) is 12.1. The van der Waals surface area contributed by atoms with E-state index in [9.17, 15) is 9.59 Å². The average molecular weight is 438 g/mol. The maximum atomic E-state index is 13.2. The van der Waals surface area contributed by atoms with Crippen molar-refractivity contribution in [2.45, 2.75) is 52.5 Å². The molecule has 1 unspecified atom stereocenters. The van der Waals surface area contributed by atoms with Crippen LogP contribution < -0.4 is 15.5 Å². The van der Waals surface area contributed by atoms with Gasteiger partial charge in [0.2, 0.25) is 5.91 Å². The molecule has 0 fully saturated rings. The number of nitrogens with one attached hydrogen (secondary N) is 2. The second-order valence-corrected chi connectivity index (χ2v) is 10.2. The van der Waals surface area contributed by atoms with Crippen molar-refractivity contribution in [1.82, 2.24) is 5.32 Å². The number of carbonyl (C=O) groups excluding carboxylic acids is 2. The number of Topliss-reactive ketones (excluding diaryl/α,β-unsaturated/α-hetero) is 1. The van der Waals surface area contributed by atoms with Crippen LogP contribution in [0.15, 0.2) is 53.0 Å². The second-order valence-electron chi connectivity index (χ2n) is 9.21. The standard InChI is InChI=1S/C25H31N3O2S/c1-4-20-24-19(14-25(2,3)15-22(24)29)27-18-9-5-6-10-21(18)28(20)16-23(30)26-12-11-17-8-7-13-31-17/h5-10,13,20,27H,4,11-12,14-16H2,1-3H3,(H,26,30). The lowest BCUT2D eigenvalue weighted by atomic mass is 9.74. The highest BCUT2D eigenvalue weighted by Crippen LogP contribution is 2.44. The van der Waals surface area contributed by atoms with Crippen LogP contribution in [0, 0.1) is 5.41 Å². The SMILES string of the molecule is CCC1C2=C(CC(C)(C)CC2=O)Nc2ccccc2N1CC(=O)NCCc1cccs1. The number of thiophene rings is 1. The summed E-state index contributed by atoms with van der Waals surface area (Å²) in [5.74, 6) is 0.180. The number of allylic oxidation sites excluding steroid dienone is 1. The topological polar surface area (TPSA) is 61.4 Å². The Hall–Kier alpha value is -2.60. The highest BCUT2D eigenvalue weighted by Gasteiger charge is 2.40. The summed E-state index contributed by atoms with van der Waals surface area (Å²) in [5, 5.41) is 8.68. The fraction of sp³-hybridized carbons (Fsp3) is 0.440. The molecule has 0 saturated carbocycles. The Bertz CT molecular complexity index is 994. The number of carbonyl (C=O) groups is 2. The molecule has 0 radical (unpaired) electrons. The molecular formula is C25H31N3O2S. The minimum Gasteiger partial charge on any atom is -0.357 e. The van der Waals surface area contributed by atoms with E-state index in [2.05, 4.69) is 47.8 Å². The van der Waals surface area contributed by atoms with Crippen LogP contribution in [0.3, 0.4) is 0 Å². The van der Waals surface area contributed by atoms with Crippen molar-refractivity contribution in [3.63, 3.8) is 0 Å². The molecule has 1 aliphatic carbocycles. The number of anilines is 2. The summed E-state index contributed by atoms with van der Waals surface area (Å²) in [6.07, 6.45) is 2.98. The van der Waals surface area contributed by atoms with Gasteiger partial charge in [0.1, 0.15) is 0 Å². The molecule has 1 aromatic heterocycles. The van der Waals surface area contributed by atoms with Crippen molar-refractivity contribution in [2.75, 3.05) is 23.3 Å². The first-order valence-electron chi connectivity index (χ1n) is 11.1. The monoisotopic (exact) mass is 437 g/mol. The van der Waals surface area contributed by atoms with Crippen molar-refractivity contribution >= 4 is 34.4 Å². The van der Waals surface area contributed by atoms with Crippen molar-refractivity contribution in [3.8, 4) is 0 Å². The largest absolute Gasteiger partial charge is 0.357 e. The minimum absolute atomic E-state index is 0.0163. The molecule has 164 valence electrons. The first-order valence-corrected chi connectivity index (χ1v) is 11.9. The van der Waals surface area contributed by atoms with E-state index in [1.807, 2.05) is 30.3 Å². The van der Waals surface area contributed by atoms with Gasteiger partial charge in [0.25, 0.3) is 0 Å². The molecule has 0 saturated heterocycles. The Kier molecular flexibility index (Phi) is 6.19. The van der Waals surface area contributed by atoms with Crippen LogP contribution in [-0.4, -0.2) is 30.8 Å². The summed E-state index contributed by atoms with van der Waals surface area (Å²) in [6.45, 7) is 7.23. The van der Waals surface area contributed by atoms with E-state index in [-0.39, 0.29) is 29.7 Å². The molecule has 5 nitrogen and oxygen atoms in total. The zero-order chi connectivity index (χ0) is 22.0. The molecule has 1 aromatic carbocycles. The van der Waals surface area contributed by atoms with Crippen LogP contribution in [0.2, 0.25) is 0 Å². The van der Waals surface area contributed by atoms with E-state index in [4.69, 9.17) is 0 Å². The molecule has 31 heavy (non-hydrogen) atoms. The Balaban J connectivity index is 1.60. The van der Waals surface area contributed by atoms with Crippen molar-refractivity contribution in [1.29, 1.82) is 0 Å². The van der Waals surface area contributed by atoms with E-state index in [0.29, 0.717) is 13.0 Å². The van der Waals surface area contributed by atoms with Crippen LogP contribution in [0.4, 0.5) is 11.4 Å². The molecule has 2 aliphatic rings. The van der Waals surface area contributed by atoms with Crippen LogP contribution >= 0.6 is 11.3 Å². The molecule has 4 rings (SSSR count). The highest BCUT2D eigenvalue weighted by atomic mass is 32.1. The van der Waals surface area contributed by atoms with Gasteiger partial charge in [0, 0.05) is 29.1 Å². The van der Waals surface area contributed by atoms with Crippen LogP contribution in [0.25, 0.3) is 0 Å². The fourth-order valence-electron chi connectivity index (χ4n) is 4.76. The third-order valence-corrected chi connectivity index (χ3v) is 7.04. The zero-order valence-electron chi connectivity index (χ0n) is 18.5. The molecule has 2 N–H and O–H groups in total. The van der Waals surface area contributed by atoms with Crippen molar-refractivity contribution in [2.24, 2.45) is 5.41 Å². The Morgan fingerprint density at radius 2 is 2.03 bits per heavy atom. The summed E-state index contributed by atoms with van der Waals surface area (Å²) < 4.78 is 0. The highest BCUT2D eigenvalue weighted by molar-refractivity contribution is 7.09. The van der Waals surface area contributed by atoms with Gasteiger partial charge in [-0.05, 0) is 48.3 Å². The smallest absolute Gasteiger partial charge is 0.239 e. The van der Waals surface area contributed by atoms with E-state index in [1.165, 1.54) is 4.88 Å². The van der Waals surface area contributed by atoms with Gasteiger partial charge in [0.15, 0.2) is 5.78 Å². The van der Waals surface area contributed by atoms with Gasteiger partial charge >= 0.3 is 0 Å². The Labute approximate surface area is 188 Å². The summed E-state index contributed by atoms with van der Waals surface area (Å²) in [4.78, 5) is 29.5. The van der Waals surface area contributed by atoms with Crippen molar-refractivity contribution in [3.05, 3.63) is 57.9 Å². The molecule has 1 atom stereocenters. The van der Waals surface area contributed by atoms with Crippen LogP contribution in [-0.2, 0) is 16.0 Å². The number of benzene rings is 1. The number of hydrogen-bond donors (Lipinski definition) is 2. The number of hydrogen-bond acceptors (Lipinski definition) is 5. The first kappa shape index (κ1) is 21.6. The van der Waals surface area contributed by atoms with Gasteiger partial charge in [-0.25, -0.2) is 0 Å². The first-order chi connectivity index (χ1) is 14.9. The molecule has 1 aliphatic heterocycles. The molecule has 6 heteroatoms. The second kappa shape index (κ2) is 8.87. The van der Waals surface area contributed by atoms with Crippen LogP contribution in [0.5, 0.6) is 0 Å². The zero-order valence-corrected chi connectivity index (χ0v) is 19.3. The van der Waals surface area contributed by atoms with E-state index < -0.39 is 0 Å². The number of para-hydroxylation sites is 2. The quantitative estimate of drug-likeness (QED) is 0.684. The van der Waals surface area contributed by atoms with E-state index >= 15 is 0 Å². The predicted octanol–water partition coefficient (Wildman–Crippen LogP) is 4.76. The number of rotatable bonds is 6. The third kappa shape index (κ3) is 4.69. The number of ketones is 1. The Morgan fingerprint density at radius 3 is 2.77 bits per heavy atom. The molecule has 2 aromatic rings. The number of nitrogens with zero attached hydrogens (tertiary/aromatic N) is 1. The van der Waals surface area contributed by atoms with Gasteiger partial charge in [-0.15, -0.1) is 11.3 Å². The summed E-state index contributed by atoms with van der Waals surface area (Å²) in [7, 11) is 0. The lowest BCUT2D eigenvalue weighted by molar-refractivity contribution is -0.120. The van der Waals surface area contributed by atoms with Gasteiger partial charge in [-0.3, -0.25) is 9.59 Å². The molecule has 0 spiro atoms. The maximum Gasteiger partial charge on any atom is 0.239 e. The predicted molar refractivity (Wildman–Crippen MR) is 128 cm³/mol. The lowest BCUT2D eigenvalue weighted by Gasteiger charge is -2.37. The number of amides is 1. The molecular weight excluding hydrogens is 406 g/mol. The summed E-state index contributed by atoms with van der Waals surface area (Å²) in [5.41, 5.74) is 3.74. The maximum absolute atomic E-state index is 13.2. The van der Waals surface area contributed by atoms with Crippen LogP contribution in [0.1, 0.15) is 44.9 Å². The average Bonchev–Trinajstić information content (AvgIpc) is 3.18. The van der Waals surface area contributed by atoms with E-state index in [1.54, 1.807) is 11.3 Å². The number of fused-ring (bicyclic) bond motifs is 1. The fourth-order valence-corrected chi connectivity index (χ4v) is 5.47. The van der Waals surface area contributed by atoms with E-state index in [0.717, 1.165) is 41.9 Å². The molecule has 0 bridgehead atoms. The summed E-state index contributed by atoms with van der Waals surface area (Å²) >= 11 is 1.71. The van der Waals surface area contributed by atoms with Gasteiger partial charge in [-0.1, -0.05) is 39.0 Å². The molecule has 2 heterocycles. The minimum atomic E-state index is -0.113.